The van der Waals surface area contributed by atoms with Crippen LogP contribution < -0.4 is 9.91 Å². The third-order valence-corrected chi connectivity index (χ3v) is 4.80. The standard InChI is InChI=1S/C19H14ClN3O4/c1-27-19(26)15-14-16(23(21-15)13-5-3-2-4-6-13)18(25)22(17(14)24)12-9-7-11(20)8-10-12/h2-10,14,16H,1H3/t14-,16-/m1/s1. The number of esters is 1. The molecule has 136 valence electrons. The lowest BCUT2D eigenvalue weighted by Gasteiger charge is -2.22. The third-order valence-electron chi connectivity index (χ3n) is 4.55. The predicted octanol–water partition coefficient (Wildman–Crippen LogP) is 2.25. The van der Waals surface area contributed by atoms with Gasteiger partial charge in [0.25, 0.3) is 5.91 Å². The average molecular weight is 384 g/mol. The number of hydrogen-bond acceptors (Lipinski definition) is 6. The number of fused-ring (bicyclic) bond motifs is 1. The van der Waals surface area contributed by atoms with E-state index in [0.717, 1.165) is 4.90 Å². The molecule has 2 atom stereocenters. The van der Waals surface area contributed by atoms with Crippen LogP contribution in [-0.4, -0.2) is 36.6 Å². The molecule has 0 N–H and O–H groups in total. The van der Waals surface area contributed by atoms with Crippen LogP contribution >= 0.6 is 11.6 Å². The summed E-state index contributed by atoms with van der Waals surface area (Å²) >= 11 is 5.90. The zero-order chi connectivity index (χ0) is 19.1. The van der Waals surface area contributed by atoms with Crippen molar-refractivity contribution < 1.29 is 19.1 Å². The summed E-state index contributed by atoms with van der Waals surface area (Å²) in [5.74, 6) is -2.74. The van der Waals surface area contributed by atoms with E-state index in [1.165, 1.54) is 12.1 Å². The van der Waals surface area contributed by atoms with Crippen LogP contribution in [0.2, 0.25) is 5.02 Å². The van der Waals surface area contributed by atoms with Crippen molar-refractivity contribution in [2.45, 2.75) is 6.04 Å². The topological polar surface area (TPSA) is 79.3 Å². The minimum absolute atomic E-state index is 0.0823. The molecular formula is C19H14ClN3O4. The molecule has 2 heterocycles. The molecule has 8 heteroatoms. The summed E-state index contributed by atoms with van der Waals surface area (Å²) < 4.78 is 4.77. The predicted molar refractivity (Wildman–Crippen MR) is 99.6 cm³/mol. The van der Waals surface area contributed by atoms with E-state index in [1.54, 1.807) is 48.5 Å². The van der Waals surface area contributed by atoms with Crippen LogP contribution in [-0.2, 0) is 19.1 Å². The van der Waals surface area contributed by atoms with Crippen molar-refractivity contribution in [3.05, 3.63) is 59.6 Å². The van der Waals surface area contributed by atoms with Crippen LogP contribution in [0.5, 0.6) is 0 Å². The highest BCUT2D eigenvalue weighted by atomic mass is 35.5. The summed E-state index contributed by atoms with van der Waals surface area (Å²) in [6, 6.07) is 14.3. The number of anilines is 2. The quantitative estimate of drug-likeness (QED) is 0.600. The van der Waals surface area contributed by atoms with Crippen LogP contribution in [0.4, 0.5) is 11.4 Å². The number of imide groups is 1. The summed E-state index contributed by atoms with van der Waals surface area (Å²) in [7, 11) is 1.21. The summed E-state index contributed by atoms with van der Waals surface area (Å²) in [5.41, 5.74) is 0.910. The molecule has 0 aliphatic carbocycles. The van der Waals surface area contributed by atoms with E-state index in [2.05, 4.69) is 5.10 Å². The second-order valence-corrected chi connectivity index (χ2v) is 6.50. The number of para-hydroxylation sites is 1. The number of carbonyl (C=O) groups is 3. The molecule has 2 aromatic rings. The van der Waals surface area contributed by atoms with E-state index in [9.17, 15) is 14.4 Å². The Morgan fingerprint density at radius 1 is 1.00 bits per heavy atom. The number of hydrogen-bond donors (Lipinski definition) is 0. The molecule has 2 amide bonds. The smallest absolute Gasteiger partial charge is 0.355 e. The molecule has 0 bridgehead atoms. The molecule has 2 aliphatic rings. The number of ether oxygens (including phenoxy) is 1. The van der Waals surface area contributed by atoms with Gasteiger partial charge in [0.1, 0.15) is 12.0 Å². The van der Waals surface area contributed by atoms with Gasteiger partial charge < -0.3 is 4.74 Å². The summed E-state index contributed by atoms with van der Waals surface area (Å²) in [6.07, 6.45) is 0. The second-order valence-electron chi connectivity index (χ2n) is 6.07. The molecule has 4 rings (SSSR count). The molecular weight excluding hydrogens is 370 g/mol. The number of carbonyl (C=O) groups excluding carboxylic acids is 3. The van der Waals surface area contributed by atoms with Gasteiger partial charge in [-0.2, -0.15) is 5.10 Å². The van der Waals surface area contributed by atoms with E-state index >= 15 is 0 Å². The maximum absolute atomic E-state index is 13.1. The molecule has 0 spiro atoms. The Morgan fingerprint density at radius 2 is 1.67 bits per heavy atom. The Kier molecular flexibility index (Phi) is 4.16. The normalized spacial score (nSPS) is 21.3. The van der Waals surface area contributed by atoms with Crippen LogP contribution in [0.3, 0.4) is 0 Å². The lowest BCUT2D eigenvalue weighted by Crippen LogP contribution is -2.39. The maximum Gasteiger partial charge on any atom is 0.355 e. The van der Waals surface area contributed by atoms with Gasteiger partial charge in [0.05, 0.1) is 18.5 Å². The number of hydrazone groups is 1. The monoisotopic (exact) mass is 383 g/mol. The van der Waals surface area contributed by atoms with Gasteiger partial charge in [0.15, 0.2) is 5.71 Å². The largest absolute Gasteiger partial charge is 0.464 e. The fourth-order valence-corrected chi connectivity index (χ4v) is 3.45. The highest BCUT2D eigenvalue weighted by Crippen LogP contribution is 2.38. The molecule has 1 fully saturated rings. The number of halogens is 1. The van der Waals surface area contributed by atoms with Gasteiger partial charge in [-0.15, -0.1) is 0 Å². The number of amides is 2. The SMILES string of the molecule is COC(=O)C1=NN(c2ccccc2)[C@H]2C(=O)N(c3ccc(Cl)cc3)C(=O)[C@H]12. The minimum Gasteiger partial charge on any atom is -0.464 e. The lowest BCUT2D eigenvalue weighted by molar-refractivity contribution is -0.133. The first-order valence-corrected chi connectivity index (χ1v) is 8.55. The number of nitrogens with zero attached hydrogens (tertiary/aromatic N) is 3. The van der Waals surface area contributed by atoms with E-state index in [0.29, 0.717) is 16.4 Å². The number of rotatable bonds is 3. The third kappa shape index (κ3) is 2.67. The molecule has 2 aromatic carbocycles. The van der Waals surface area contributed by atoms with Crippen molar-refractivity contribution in [1.29, 1.82) is 0 Å². The van der Waals surface area contributed by atoms with Gasteiger partial charge in [-0.25, -0.2) is 9.69 Å². The van der Waals surface area contributed by atoms with Gasteiger partial charge in [-0.3, -0.25) is 14.6 Å². The Balaban J connectivity index is 1.80. The Bertz CT molecular complexity index is 959. The molecule has 0 aromatic heterocycles. The average Bonchev–Trinajstić information content (AvgIpc) is 3.20. The summed E-state index contributed by atoms with van der Waals surface area (Å²) in [6.45, 7) is 0. The van der Waals surface area contributed by atoms with Crippen molar-refractivity contribution in [1.82, 2.24) is 0 Å². The van der Waals surface area contributed by atoms with Crippen molar-refractivity contribution in [2.75, 3.05) is 17.0 Å². The second kappa shape index (κ2) is 6.51. The van der Waals surface area contributed by atoms with Crippen molar-refractivity contribution in [3.8, 4) is 0 Å². The van der Waals surface area contributed by atoms with Gasteiger partial charge in [-0.05, 0) is 36.4 Å². The Hall–Kier alpha value is -3.19. The number of methoxy groups -OCH3 is 1. The van der Waals surface area contributed by atoms with Crippen LogP contribution in [0.1, 0.15) is 0 Å². The van der Waals surface area contributed by atoms with E-state index < -0.39 is 29.7 Å². The molecule has 2 aliphatic heterocycles. The van der Waals surface area contributed by atoms with Crippen LogP contribution in [0.15, 0.2) is 59.7 Å². The molecule has 7 nitrogen and oxygen atoms in total. The van der Waals surface area contributed by atoms with Crippen molar-refractivity contribution in [3.63, 3.8) is 0 Å². The van der Waals surface area contributed by atoms with E-state index in [-0.39, 0.29) is 5.71 Å². The minimum atomic E-state index is -1.03. The first-order chi connectivity index (χ1) is 13.0. The Labute approximate surface area is 159 Å². The van der Waals surface area contributed by atoms with Crippen molar-refractivity contribution in [2.24, 2.45) is 11.0 Å². The van der Waals surface area contributed by atoms with Gasteiger partial charge in [0.2, 0.25) is 5.91 Å². The molecule has 1 saturated heterocycles. The van der Waals surface area contributed by atoms with Gasteiger partial charge in [0, 0.05) is 5.02 Å². The van der Waals surface area contributed by atoms with E-state index in [1.807, 2.05) is 6.07 Å². The highest BCUT2D eigenvalue weighted by Gasteiger charge is 2.59. The molecule has 0 saturated carbocycles. The first-order valence-electron chi connectivity index (χ1n) is 8.17. The lowest BCUT2D eigenvalue weighted by atomic mass is 9.98. The van der Waals surface area contributed by atoms with E-state index in [4.69, 9.17) is 16.3 Å². The first kappa shape index (κ1) is 17.2. The fourth-order valence-electron chi connectivity index (χ4n) is 3.33. The highest BCUT2D eigenvalue weighted by molar-refractivity contribution is 6.47. The zero-order valence-electron chi connectivity index (χ0n) is 14.2. The molecule has 0 radical (unpaired) electrons. The summed E-state index contributed by atoms with van der Waals surface area (Å²) in [4.78, 5) is 39.4. The maximum atomic E-state index is 13.1. The summed E-state index contributed by atoms with van der Waals surface area (Å²) in [5, 5.41) is 6.14. The zero-order valence-corrected chi connectivity index (χ0v) is 15.0. The van der Waals surface area contributed by atoms with Crippen LogP contribution in [0.25, 0.3) is 0 Å². The molecule has 0 unspecified atom stereocenters. The Morgan fingerprint density at radius 3 is 2.30 bits per heavy atom. The van der Waals surface area contributed by atoms with Gasteiger partial charge >= 0.3 is 5.97 Å². The molecule has 27 heavy (non-hydrogen) atoms. The number of benzene rings is 2. The van der Waals surface area contributed by atoms with Crippen LogP contribution in [0, 0.1) is 5.92 Å². The van der Waals surface area contributed by atoms with Crippen molar-refractivity contribution >= 4 is 46.5 Å². The van der Waals surface area contributed by atoms with Gasteiger partial charge in [-0.1, -0.05) is 29.8 Å². The fraction of sp³-hybridized carbons (Fsp3) is 0.158.